The van der Waals surface area contributed by atoms with Gasteiger partial charge in [-0.25, -0.2) is 0 Å². The van der Waals surface area contributed by atoms with E-state index in [-0.39, 0.29) is 0 Å². The molecule has 1 aliphatic heterocycles. The van der Waals surface area contributed by atoms with Crippen LogP contribution in [0.1, 0.15) is 30.0 Å². The zero-order valence-electron chi connectivity index (χ0n) is 10.2. The maximum absolute atomic E-state index is 6.08. The fourth-order valence-corrected chi connectivity index (χ4v) is 2.58. The Balaban J connectivity index is 2.34. The molecular formula is C15H20N2. The third kappa shape index (κ3) is 2.42. The minimum atomic E-state index is 0.338. The van der Waals surface area contributed by atoms with Gasteiger partial charge in [-0.3, -0.25) is 0 Å². The van der Waals surface area contributed by atoms with E-state index in [0.717, 1.165) is 24.9 Å². The van der Waals surface area contributed by atoms with Crippen LogP contribution in [-0.2, 0) is 6.42 Å². The molecule has 0 unspecified atom stereocenters. The van der Waals surface area contributed by atoms with Crippen molar-refractivity contribution < 1.29 is 0 Å². The maximum atomic E-state index is 6.08. The van der Waals surface area contributed by atoms with E-state index in [0.29, 0.717) is 12.1 Å². The van der Waals surface area contributed by atoms with Crippen molar-refractivity contribution in [2.75, 3.05) is 5.73 Å². The van der Waals surface area contributed by atoms with Crippen molar-refractivity contribution in [1.82, 2.24) is 5.32 Å². The van der Waals surface area contributed by atoms with Gasteiger partial charge >= 0.3 is 0 Å². The molecule has 3 N–H and O–H groups in total. The largest absolute Gasteiger partial charge is 0.398 e. The van der Waals surface area contributed by atoms with Crippen LogP contribution in [0.2, 0.25) is 0 Å². The zero-order valence-corrected chi connectivity index (χ0v) is 10.2. The molecule has 2 heteroatoms. The molecule has 90 valence electrons. The predicted octanol–water partition coefficient (Wildman–Crippen LogP) is 2.98. The first-order valence-electron chi connectivity index (χ1n) is 6.11. The molecule has 0 fully saturated rings. The molecule has 0 saturated heterocycles. The standard InChI is InChI=1S/C15H20N2/c1-3-6-11-10-13-12(8-5-9-14(13)16)15(17-11)7-4-2/h3-5,8-9,11,15,17H,1-2,6-7,10,16H2/t11-,15-/m0/s1. The van der Waals surface area contributed by atoms with E-state index >= 15 is 0 Å². The minimum absolute atomic E-state index is 0.338. The van der Waals surface area contributed by atoms with E-state index < -0.39 is 0 Å². The van der Waals surface area contributed by atoms with E-state index in [1.807, 2.05) is 24.3 Å². The van der Waals surface area contributed by atoms with Crippen LogP contribution in [-0.4, -0.2) is 6.04 Å². The number of hydrogen-bond donors (Lipinski definition) is 2. The van der Waals surface area contributed by atoms with E-state index in [9.17, 15) is 0 Å². The number of hydrogen-bond acceptors (Lipinski definition) is 2. The topological polar surface area (TPSA) is 38.0 Å². The van der Waals surface area contributed by atoms with Gasteiger partial charge < -0.3 is 11.1 Å². The maximum Gasteiger partial charge on any atom is 0.0360 e. The lowest BCUT2D eigenvalue weighted by Crippen LogP contribution is -2.39. The molecule has 2 atom stereocenters. The summed E-state index contributed by atoms with van der Waals surface area (Å²) in [6.45, 7) is 7.64. The number of rotatable bonds is 4. The average Bonchev–Trinajstić information content (AvgIpc) is 2.31. The molecular weight excluding hydrogens is 208 g/mol. The molecule has 0 bridgehead atoms. The number of nitrogens with one attached hydrogen (secondary N) is 1. The smallest absolute Gasteiger partial charge is 0.0360 e. The van der Waals surface area contributed by atoms with Crippen molar-refractivity contribution in [2.24, 2.45) is 0 Å². The third-order valence-corrected chi connectivity index (χ3v) is 3.36. The summed E-state index contributed by atoms with van der Waals surface area (Å²) in [6, 6.07) is 6.95. The Hall–Kier alpha value is -1.54. The number of nitrogens with two attached hydrogens (primary N) is 1. The summed E-state index contributed by atoms with van der Waals surface area (Å²) in [5.41, 5.74) is 9.61. The predicted molar refractivity (Wildman–Crippen MR) is 73.9 cm³/mol. The van der Waals surface area contributed by atoms with Gasteiger partial charge in [0.2, 0.25) is 0 Å². The lowest BCUT2D eigenvalue weighted by molar-refractivity contribution is 0.406. The highest BCUT2D eigenvalue weighted by Crippen LogP contribution is 2.32. The van der Waals surface area contributed by atoms with Gasteiger partial charge in [-0.2, -0.15) is 0 Å². The fourth-order valence-electron chi connectivity index (χ4n) is 2.58. The van der Waals surface area contributed by atoms with Gasteiger partial charge in [0, 0.05) is 17.8 Å². The second-order valence-corrected chi connectivity index (χ2v) is 4.58. The highest BCUT2D eigenvalue weighted by molar-refractivity contribution is 5.53. The number of fused-ring (bicyclic) bond motifs is 1. The van der Waals surface area contributed by atoms with E-state index in [2.05, 4.69) is 24.5 Å². The van der Waals surface area contributed by atoms with Crippen LogP contribution in [0.25, 0.3) is 0 Å². The normalized spacial score (nSPS) is 22.8. The summed E-state index contributed by atoms with van der Waals surface area (Å²) >= 11 is 0. The average molecular weight is 228 g/mol. The van der Waals surface area contributed by atoms with E-state index in [4.69, 9.17) is 5.73 Å². The van der Waals surface area contributed by atoms with Crippen LogP contribution in [0, 0.1) is 0 Å². The highest BCUT2D eigenvalue weighted by Gasteiger charge is 2.25. The minimum Gasteiger partial charge on any atom is -0.398 e. The monoisotopic (exact) mass is 228 g/mol. The zero-order chi connectivity index (χ0) is 12.3. The second kappa shape index (κ2) is 5.19. The number of anilines is 1. The Morgan fingerprint density at radius 1 is 1.29 bits per heavy atom. The highest BCUT2D eigenvalue weighted by atomic mass is 15.0. The van der Waals surface area contributed by atoms with Crippen molar-refractivity contribution >= 4 is 5.69 Å². The summed E-state index contributed by atoms with van der Waals surface area (Å²) in [6.07, 6.45) is 6.82. The van der Waals surface area contributed by atoms with Crippen molar-refractivity contribution in [3.8, 4) is 0 Å². The Kier molecular flexibility index (Phi) is 3.64. The Labute approximate surface area is 103 Å². The Bertz CT molecular complexity index is 423. The molecule has 2 rings (SSSR count). The van der Waals surface area contributed by atoms with Gasteiger partial charge in [0.25, 0.3) is 0 Å². The summed E-state index contributed by atoms with van der Waals surface area (Å²) in [7, 11) is 0. The molecule has 0 aliphatic carbocycles. The first kappa shape index (κ1) is 11.9. The summed E-state index contributed by atoms with van der Waals surface area (Å²) < 4.78 is 0. The van der Waals surface area contributed by atoms with E-state index in [1.165, 1.54) is 11.1 Å². The van der Waals surface area contributed by atoms with Crippen LogP contribution < -0.4 is 11.1 Å². The summed E-state index contributed by atoms with van der Waals surface area (Å²) in [5, 5.41) is 3.64. The van der Waals surface area contributed by atoms with Crippen LogP contribution in [0.5, 0.6) is 0 Å². The van der Waals surface area contributed by atoms with Crippen LogP contribution >= 0.6 is 0 Å². The molecule has 1 aromatic carbocycles. The van der Waals surface area contributed by atoms with Crippen LogP contribution in [0.3, 0.4) is 0 Å². The second-order valence-electron chi connectivity index (χ2n) is 4.58. The van der Waals surface area contributed by atoms with Gasteiger partial charge in [0.15, 0.2) is 0 Å². The molecule has 0 saturated carbocycles. The first-order valence-corrected chi connectivity index (χ1v) is 6.11. The number of nitrogen functional groups attached to an aromatic ring is 1. The molecule has 1 heterocycles. The van der Waals surface area contributed by atoms with Crippen LogP contribution in [0.15, 0.2) is 43.5 Å². The lowest BCUT2D eigenvalue weighted by atomic mass is 9.86. The SMILES string of the molecule is C=CC[C@H]1Cc2c(N)cccc2[C@H](CC=C)N1. The Morgan fingerprint density at radius 2 is 2.06 bits per heavy atom. The summed E-state index contributed by atoms with van der Waals surface area (Å²) in [4.78, 5) is 0. The van der Waals surface area contributed by atoms with Crippen molar-refractivity contribution in [2.45, 2.75) is 31.3 Å². The number of benzene rings is 1. The molecule has 0 spiro atoms. The van der Waals surface area contributed by atoms with E-state index in [1.54, 1.807) is 0 Å². The van der Waals surface area contributed by atoms with Gasteiger partial charge in [-0.1, -0.05) is 24.3 Å². The van der Waals surface area contributed by atoms with Gasteiger partial charge in [-0.05, 0) is 36.5 Å². The van der Waals surface area contributed by atoms with Crippen molar-refractivity contribution in [3.05, 3.63) is 54.6 Å². The van der Waals surface area contributed by atoms with Gasteiger partial charge in [0.05, 0.1) is 0 Å². The Morgan fingerprint density at radius 3 is 2.76 bits per heavy atom. The van der Waals surface area contributed by atoms with Gasteiger partial charge in [0.1, 0.15) is 0 Å². The van der Waals surface area contributed by atoms with Crippen LogP contribution in [0.4, 0.5) is 5.69 Å². The summed E-state index contributed by atoms with van der Waals surface area (Å²) in [5.74, 6) is 0. The van der Waals surface area contributed by atoms with Crippen molar-refractivity contribution in [3.63, 3.8) is 0 Å². The molecule has 2 nitrogen and oxygen atoms in total. The first-order chi connectivity index (χ1) is 8.26. The molecule has 1 aromatic rings. The van der Waals surface area contributed by atoms with Gasteiger partial charge in [-0.15, -0.1) is 13.2 Å². The fraction of sp³-hybridized carbons (Fsp3) is 0.333. The molecule has 17 heavy (non-hydrogen) atoms. The third-order valence-electron chi connectivity index (χ3n) is 3.36. The molecule has 0 amide bonds. The molecule has 1 aliphatic rings. The molecule has 0 radical (unpaired) electrons. The quantitative estimate of drug-likeness (QED) is 0.614. The molecule has 0 aromatic heterocycles. The lowest BCUT2D eigenvalue weighted by Gasteiger charge is -2.33. The van der Waals surface area contributed by atoms with Crippen molar-refractivity contribution in [1.29, 1.82) is 0 Å².